The van der Waals surface area contributed by atoms with Gasteiger partial charge < -0.3 is 5.32 Å². The van der Waals surface area contributed by atoms with Gasteiger partial charge in [-0.15, -0.1) is 0 Å². The number of halogens is 1. The lowest BCUT2D eigenvalue weighted by Crippen LogP contribution is -2.26. The molecule has 0 aliphatic rings. The molecule has 21 heavy (non-hydrogen) atoms. The molecule has 2 aromatic heterocycles. The number of pyridine rings is 1. The van der Waals surface area contributed by atoms with Crippen molar-refractivity contribution in [3.8, 4) is 0 Å². The second-order valence-electron chi connectivity index (χ2n) is 5.01. The first-order chi connectivity index (χ1) is 10.2. The first-order valence-corrected chi connectivity index (χ1v) is 7.60. The van der Waals surface area contributed by atoms with Crippen LogP contribution in [0.15, 0.2) is 24.5 Å². The Labute approximate surface area is 125 Å². The maximum atomic E-state index is 14.1. The van der Waals surface area contributed by atoms with Crippen LogP contribution in [-0.4, -0.2) is 21.3 Å². The van der Waals surface area contributed by atoms with Crippen molar-refractivity contribution >= 4 is 0 Å². The molecular formula is C16H23FN4. The molecule has 0 fully saturated rings. The fourth-order valence-electron chi connectivity index (χ4n) is 2.43. The molecule has 1 atom stereocenters. The van der Waals surface area contributed by atoms with E-state index in [9.17, 15) is 4.39 Å². The normalized spacial score (nSPS) is 12.6. The second kappa shape index (κ2) is 7.31. The van der Waals surface area contributed by atoms with Gasteiger partial charge in [0.1, 0.15) is 5.82 Å². The molecule has 2 rings (SSSR count). The van der Waals surface area contributed by atoms with E-state index in [1.165, 1.54) is 6.20 Å². The van der Waals surface area contributed by atoms with E-state index in [1.807, 2.05) is 4.68 Å². The van der Waals surface area contributed by atoms with Crippen molar-refractivity contribution in [1.82, 2.24) is 20.1 Å². The summed E-state index contributed by atoms with van der Waals surface area (Å²) in [4.78, 5) is 3.84. The second-order valence-corrected chi connectivity index (χ2v) is 5.01. The van der Waals surface area contributed by atoms with Gasteiger partial charge in [-0.05, 0) is 38.4 Å². The molecule has 0 aliphatic carbocycles. The van der Waals surface area contributed by atoms with Crippen molar-refractivity contribution in [2.45, 2.75) is 46.2 Å². The zero-order valence-electron chi connectivity index (χ0n) is 12.9. The fourth-order valence-corrected chi connectivity index (χ4v) is 2.43. The first-order valence-electron chi connectivity index (χ1n) is 7.60. The molecule has 2 heterocycles. The average Bonchev–Trinajstić information content (AvgIpc) is 2.92. The lowest BCUT2D eigenvalue weighted by Gasteiger charge is -2.20. The van der Waals surface area contributed by atoms with Gasteiger partial charge in [-0.2, -0.15) is 5.10 Å². The highest BCUT2D eigenvalue weighted by molar-refractivity contribution is 5.29. The van der Waals surface area contributed by atoms with E-state index >= 15 is 0 Å². The zero-order valence-corrected chi connectivity index (χ0v) is 12.9. The van der Waals surface area contributed by atoms with Gasteiger partial charge in [-0.25, -0.2) is 4.39 Å². The number of hydrogen-bond acceptors (Lipinski definition) is 3. The molecular weight excluding hydrogens is 267 g/mol. The van der Waals surface area contributed by atoms with E-state index in [0.717, 1.165) is 37.3 Å². The molecule has 0 bridgehead atoms. The van der Waals surface area contributed by atoms with Crippen LogP contribution in [0.3, 0.4) is 0 Å². The number of hydrogen-bond donors (Lipinski definition) is 1. The summed E-state index contributed by atoms with van der Waals surface area (Å²) in [5.74, 6) is -0.284. The molecule has 0 saturated carbocycles. The fraction of sp³-hybridized carbons (Fsp3) is 0.500. The zero-order chi connectivity index (χ0) is 15.2. The third kappa shape index (κ3) is 3.47. The number of rotatable bonds is 7. The Kier molecular flexibility index (Phi) is 5.44. The van der Waals surface area contributed by atoms with Gasteiger partial charge in [0.05, 0.1) is 23.6 Å². The highest BCUT2D eigenvalue weighted by atomic mass is 19.1. The minimum atomic E-state index is -0.284. The minimum absolute atomic E-state index is 0.194. The van der Waals surface area contributed by atoms with E-state index in [-0.39, 0.29) is 11.9 Å². The summed E-state index contributed by atoms with van der Waals surface area (Å²) in [5.41, 5.74) is 2.66. The van der Waals surface area contributed by atoms with Gasteiger partial charge in [0, 0.05) is 18.3 Å². The summed E-state index contributed by atoms with van der Waals surface area (Å²) in [7, 11) is 0. The third-order valence-electron chi connectivity index (χ3n) is 3.53. The van der Waals surface area contributed by atoms with Crippen LogP contribution >= 0.6 is 0 Å². The quantitative estimate of drug-likeness (QED) is 0.852. The summed E-state index contributed by atoms with van der Waals surface area (Å²) in [6, 6.07) is 3.61. The van der Waals surface area contributed by atoms with Crippen LogP contribution in [0.1, 0.15) is 50.2 Å². The monoisotopic (exact) mass is 290 g/mol. The third-order valence-corrected chi connectivity index (χ3v) is 3.53. The van der Waals surface area contributed by atoms with E-state index in [0.29, 0.717) is 5.56 Å². The Hall–Kier alpha value is -1.75. The lowest BCUT2D eigenvalue weighted by molar-refractivity contribution is 0.503. The van der Waals surface area contributed by atoms with Crippen molar-refractivity contribution in [3.05, 3.63) is 47.3 Å². The SMILES string of the molecule is CCCNC(c1ccncc1F)c1cc(CC)nn1CC. The Balaban J connectivity index is 2.45. The molecule has 0 aromatic carbocycles. The van der Waals surface area contributed by atoms with Gasteiger partial charge in [0.25, 0.3) is 0 Å². The number of aromatic nitrogens is 3. The highest BCUT2D eigenvalue weighted by Crippen LogP contribution is 2.25. The van der Waals surface area contributed by atoms with Gasteiger partial charge in [0.2, 0.25) is 0 Å². The van der Waals surface area contributed by atoms with Gasteiger partial charge >= 0.3 is 0 Å². The summed E-state index contributed by atoms with van der Waals surface area (Å²) in [5, 5.41) is 8.00. The van der Waals surface area contributed by atoms with Gasteiger partial charge in [-0.1, -0.05) is 13.8 Å². The maximum Gasteiger partial charge on any atom is 0.146 e. The van der Waals surface area contributed by atoms with Crippen LogP contribution < -0.4 is 5.32 Å². The van der Waals surface area contributed by atoms with Crippen LogP contribution in [-0.2, 0) is 13.0 Å². The molecule has 2 aromatic rings. The van der Waals surface area contributed by atoms with E-state index in [2.05, 4.69) is 42.2 Å². The van der Waals surface area contributed by atoms with E-state index < -0.39 is 0 Å². The number of nitrogens with one attached hydrogen (secondary N) is 1. The number of nitrogens with zero attached hydrogens (tertiary/aromatic N) is 3. The van der Waals surface area contributed by atoms with Crippen molar-refractivity contribution < 1.29 is 4.39 Å². The van der Waals surface area contributed by atoms with Crippen LogP contribution in [0.2, 0.25) is 0 Å². The van der Waals surface area contributed by atoms with E-state index in [4.69, 9.17) is 0 Å². The molecule has 1 N–H and O–H groups in total. The summed E-state index contributed by atoms with van der Waals surface area (Å²) >= 11 is 0. The standard InChI is InChI=1S/C16H23FN4/c1-4-8-19-16(13-7-9-18-11-14(13)17)15-10-12(5-2)20-21(15)6-3/h7,9-11,16,19H,4-6,8H2,1-3H3. The van der Waals surface area contributed by atoms with Crippen LogP contribution in [0, 0.1) is 5.82 Å². The Bertz CT molecular complexity index is 579. The smallest absolute Gasteiger partial charge is 0.146 e. The summed E-state index contributed by atoms with van der Waals surface area (Å²) in [6.07, 6.45) is 4.76. The Morgan fingerprint density at radius 1 is 1.33 bits per heavy atom. The molecule has 114 valence electrons. The predicted octanol–water partition coefficient (Wildman–Crippen LogP) is 3.09. The lowest BCUT2D eigenvalue weighted by atomic mass is 10.0. The summed E-state index contributed by atoms with van der Waals surface area (Å²) in [6.45, 7) is 7.82. The summed E-state index contributed by atoms with van der Waals surface area (Å²) < 4.78 is 16.1. The minimum Gasteiger partial charge on any atom is -0.305 e. The maximum absolute atomic E-state index is 14.1. The van der Waals surface area contributed by atoms with Crippen molar-refractivity contribution in [3.63, 3.8) is 0 Å². The molecule has 0 amide bonds. The van der Waals surface area contributed by atoms with E-state index in [1.54, 1.807) is 12.3 Å². The molecule has 0 aliphatic heterocycles. The molecule has 4 nitrogen and oxygen atoms in total. The highest BCUT2D eigenvalue weighted by Gasteiger charge is 2.21. The molecule has 0 radical (unpaired) electrons. The van der Waals surface area contributed by atoms with Gasteiger partial charge in [0.15, 0.2) is 0 Å². The van der Waals surface area contributed by atoms with Gasteiger partial charge in [-0.3, -0.25) is 9.67 Å². The van der Waals surface area contributed by atoms with Crippen molar-refractivity contribution in [2.24, 2.45) is 0 Å². The van der Waals surface area contributed by atoms with Crippen LogP contribution in [0.25, 0.3) is 0 Å². The first kappa shape index (κ1) is 15.6. The van der Waals surface area contributed by atoms with Crippen LogP contribution in [0.4, 0.5) is 4.39 Å². The van der Waals surface area contributed by atoms with Crippen molar-refractivity contribution in [2.75, 3.05) is 6.54 Å². The molecule has 0 saturated heterocycles. The average molecular weight is 290 g/mol. The number of aryl methyl sites for hydroxylation is 2. The topological polar surface area (TPSA) is 42.7 Å². The Morgan fingerprint density at radius 2 is 2.14 bits per heavy atom. The molecule has 0 spiro atoms. The van der Waals surface area contributed by atoms with Crippen LogP contribution in [0.5, 0.6) is 0 Å². The molecule has 1 unspecified atom stereocenters. The van der Waals surface area contributed by atoms with Crippen molar-refractivity contribution in [1.29, 1.82) is 0 Å². The predicted molar refractivity (Wildman–Crippen MR) is 81.6 cm³/mol. The molecule has 5 heteroatoms. The Morgan fingerprint density at radius 3 is 2.76 bits per heavy atom. The largest absolute Gasteiger partial charge is 0.305 e.